The summed E-state index contributed by atoms with van der Waals surface area (Å²) in [6.07, 6.45) is -7.10. The molecule has 0 unspecified atom stereocenters. The van der Waals surface area contributed by atoms with E-state index in [9.17, 15) is 55.1 Å². The second-order valence-electron chi connectivity index (χ2n) is 17.8. The van der Waals surface area contributed by atoms with E-state index in [-0.39, 0.29) is 115 Å². The van der Waals surface area contributed by atoms with Crippen molar-refractivity contribution in [3.8, 4) is 11.5 Å². The molecule has 0 atom stereocenters. The molecule has 26 heteroatoms. The molecule has 77 heavy (non-hydrogen) atoms. The Balaban J connectivity index is 0.000000277. The Hall–Kier alpha value is -5.92. The minimum absolute atomic E-state index is 0. The third-order valence-electron chi connectivity index (χ3n) is 13.0. The summed E-state index contributed by atoms with van der Waals surface area (Å²) < 4.78 is 91.3. The molecule has 15 nitrogen and oxygen atoms in total. The molecule has 6 aromatic rings. The number of esters is 1. The number of carbonyl (C=O) groups excluding carboxylic acids is 5. The summed E-state index contributed by atoms with van der Waals surface area (Å²) in [5.41, 5.74) is 0.836. The van der Waals surface area contributed by atoms with Crippen LogP contribution < -0.4 is 28.3 Å². The van der Waals surface area contributed by atoms with Crippen LogP contribution in [0.25, 0.3) is 21.8 Å². The Morgan fingerprint density at radius 3 is 1.29 bits per heavy atom. The van der Waals surface area contributed by atoms with Gasteiger partial charge in [0.05, 0.1) is 71.9 Å². The molecule has 2 N–H and O–H groups in total. The van der Waals surface area contributed by atoms with Gasteiger partial charge in [-0.05, 0) is 98.2 Å². The van der Waals surface area contributed by atoms with Gasteiger partial charge in [-0.2, -0.15) is 0 Å². The number of fused-ring (bicyclic) bond motifs is 2. The zero-order valence-electron chi connectivity index (χ0n) is 41.3. The molecule has 2 aromatic heterocycles. The van der Waals surface area contributed by atoms with Gasteiger partial charge in [-0.25, -0.2) is 0 Å². The number of ketones is 2. The van der Waals surface area contributed by atoms with E-state index in [1.54, 1.807) is 9.80 Å². The summed E-state index contributed by atoms with van der Waals surface area (Å²) >= 11 is 25.8. The van der Waals surface area contributed by atoms with E-state index in [2.05, 4.69) is 9.47 Å². The Labute approximate surface area is 467 Å². The number of hydrogen-bond donors (Lipinski definition) is 1. The van der Waals surface area contributed by atoms with Crippen LogP contribution in [0, 0.1) is 11.8 Å². The topological polar surface area (TPSA) is 197 Å². The number of aliphatic carboxylic acids is 1. The SMILES string of the molecule is COC(=O)CC1CCN(C(=O)c2ccc(Cl)c(C(=O)c3cc4ccc(OC(F)(F)F)cc4n3C)c2Cl)CC1.Cn1c(C(=O)c2c(Cl)ccc(C(=O)N3CCC(CC(=O)O)CC3)c2Cl)cc2ccc(OC(F)(F)F)cc21.[Li+].[OH-]. The van der Waals surface area contributed by atoms with Gasteiger partial charge in [0.15, 0.2) is 0 Å². The zero-order valence-corrected chi connectivity index (χ0v) is 44.3. The molecule has 2 aliphatic heterocycles. The van der Waals surface area contributed by atoms with Crippen molar-refractivity contribution in [2.45, 2.75) is 51.2 Å². The largest absolute Gasteiger partial charge is 1.00 e. The van der Waals surface area contributed by atoms with Crippen LogP contribution in [0.5, 0.6) is 11.5 Å². The number of piperidine rings is 2. The van der Waals surface area contributed by atoms with Crippen molar-refractivity contribution >= 4 is 104 Å². The summed E-state index contributed by atoms with van der Waals surface area (Å²) in [5, 5.41) is 9.76. The predicted octanol–water partition coefficient (Wildman–Crippen LogP) is 8.80. The normalized spacial score (nSPS) is 14.2. The number of halogens is 10. The average molecular weight is 1150 g/mol. The van der Waals surface area contributed by atoms with Gasteiger partial charge in [-0.1, -0.05) is 46.4 Å². The molecule has 0 spiro atoms. The molecule has 2 fully saturated rings. The molecule has 0 aliphatic carbocycles. The van der Waals surface area contributed by atoms with Crippen LogP contribution in [-0.4, -0.2) is 111 Å². The molecule has 0 bridgehead atoms. The van der Waals surface area contributed by atoms with E-state index in [1.807, 2.05) is 0 Å². The van der Waals surface area contributed by atoms with Gasteiger partial charge in [0.2, 0.25) is 11.6 Å². The maximum Gasteiger partial charge on any atom is 1.00 e. The van der Waals surface area contributed by atoms with Gasteiger partial charge in [0.1, 0.15) is 11.5 Å². The number of rotatable bonds is 12. The molecule has 2 aliphatic rings. The van der Waals surface area contributed by atoms with E-state index < -0.39 is 47.7 Å². The van der Waals surface area contributed by atoms with Gasteiger partial charge < -0.3 is 43.7 Å². The smallest absolute Gasteiger partial charge is 0.870 e. The van der Waals surface area contributed by atoms with Crippen molar-refractivity contribution in [3.05, 3.63) is 127 Å². The van der Waals surface area contributed by atoms with E-state index >= 15 is 0 Å². The fraction of sp³-hybridized carbons (Fsp3) is 0.333. The number of carboxylic acid groups (broad SMARTS) is 1. The van der Waals surface area contributed by atoms with E-state index in [4.69, 9.17) is 56.2 Å². The van der Waals surface area contributed by atoms with Crippen LogP contribution in [0.15, 0.2) is 72.8 Å². The molecule has 2 amide bonds. The van der Waals surface area contributed by atoms with E-state index in [1.165, 1.54) is 84.9 Å². The fourth-order valence-corrected chi connectivity index (χ4v) is 10.4. The number of carbonyl (C=O) groups is 6. The molecule has 8 rings (SSSR count). The second kappa shape index (κ2) is 25.3. The van der Waals surface area contributed by atoms with Gasteiger partial charge in [-0.15, -0.1) is 26.3 Å². The average Bonchev–Trinajstić information content (AvgIpc) is 3.85. The first kappa shape index (κ1) is 61.9. The standard InChI is InChI=1S/C26H23Cl2F3N2O5.C25H21Cl2F3N2O5.Li.H2O/c1-32-19-13-16(38-26(29,30)31)4-3-15(19)12-20(32)24(35)22-18(27)6-5-17(23(22)28)25(36)33-9-7-14(8-10-33)11-21(34)37-2;1-31-18-12-15(37-25(28,29)30)3-2-14(18)11-19(31)23(35)21-17(26)5-4-16(22(21)27)24(36)32-8-6-13(7-9-32)10-20(33)34;;/h3-6,12-14H,7-11H2,1-2H3;2-5,11-13H,6-10H2,1H3,(H,33,34);;1H2/q;;+1;/p-1. The molecule has 0 radical (unpaired) electrons. The first-order valence-corrected chi connectivity index (χ1v) is 24.4. The van der Waals surface area contributed by atoms with Crippen molar-refractivity contribution in [1.29, 1.82) is 0 Å². The van der Waals surface area contributed by atoms with Gasteiger partial charge in [0, 0.05) is 76.0 Å². The Morgan fingerprint density at radius 1 is 0.584 bits per heavy atom. The molecule has 4 aromatic carbocycles. The number of ether oxygens (including phenoxy) is 3. The third kappa shape index (κ3) is 14.4. The van der Waals surface area contributed by atoms with Crippen LogP contribution in [0.1, 0.15) is 91.3 Å². The number of alkyl halides is 6. The minimum atomic E-state index is -4.86. The number of hydrogen-bond acceptors (Lipinski definition) is 10. The summed E-state index contributed by atoms with van der Waals surface area (Å²) in [5.74, 6) is -3.93. The monoisotopic (exact) mass is 1150 g/mol. The number of carboxylic acids is 1. The summed E-state index contributed by atoms with van der Waals surface area (Å²) in [6.45, 7) is 1.53. The number of methoxy groups -OCH3 is 1. The quantitative estimate of drug-likeness (QED) is 0.0532. The van der Waals surface area contributed by atoms with Crippen LogP contribution in [0.2, 0.25) is 20.1 Å². The van der Waals surface area contributed by atoms with Crippen LogP contribution in [-0.2, 0) is 28.4 Å². The number of benzene rings is 4. The molecule has 0 saturated carbocycles. The number of aryl methyl sites for hydroxylation is 2. The maximum absolute atomic E-state index is 13.5. The first-order chi connectivity index (χ1) is 35.2. The van der Waals surface area contributed by atoms with Gasteiger partial charge >= 0.3 is 43.5 Å². The number of aromatic nitrogens is 2. The summed E-state index contributed by atoms with van der Waals surface area (Å²) in [6, 6.07) is 16.1. The van der Waals surface area contributed by atoms with E-state index in [0.717, 1.165) is 18.2 Å². The number of nitrogens with zero attached hydrogens (tertiary/aromatic N) is 4. The van der Waals surface area contributed by atoms with Gasteiger partial charge in [-0.3, -0.25) is 28.8 Å². The second-order valence-corrected chi connectivity index (χ2v) is 19.4. The fourth-order valence-electron chi connectivity index (χ4n) is 9.14. The van der Waals surface area contributed by atoms with Crippen LogP contribution in [0.3, 0.4) is 0 Å². The Morgan fingerprint density at radius 2 is 0.948 bits per heavy atom. The van der Waals surface area contributed by atoms with Crippen molar-refractivity contribution in [1.82, 2.24) is 18.9 Å². The summed E-state index contributed by atoms with van der Waals surface area (Å²) in [4.78, 5) is 79.2. The summed E-state index contributed by atoms with van der Waals surface area (Å²) in [7, 11) is 4.35. The van der Waals surface area contributed by atoms with Gasteiger partial charge in [0.25, 0.3) is 11.8 Å². The third-order valence-corrected chi connectivity index (χ3v) is 14.4. The first-order valence-electron chi connectivity index (χ1n) is 22.9. The molecule has 406 valence electrons. The zero-order chi connectivity index (χ0) is 54.8. The number of amides is 2. The van der Waals surface area contributed by atoms with E-state index in [0.29, 0.717) is 73.7 Å². The van der Waals surface area contributed by atoms with Crippen LogP contribution in [0.4, 0.5) is 26.3 Å². The Bertz CT molecular complexity index is 3240. The van der Waals surface area contributed by atoms with Crippen LogP contribution >= 0.6 is 46.4 Å². The number of likely N-dealkylation sites (tertiary alicyclic amines) is 2. The Kier molecular flexibility index (Phi) is 20.3. The molecular formula is C51H45Cl4F6LiN4O11. The minimum Gasteiger partial charge on any atom is -0.870 e. The van der Waals surface area contributed by atoms with Crippen molar-refractivity contribution in [3.63, 3.8) is 0 Å². The van der Waals surface area contributed by atoms with Crippen molar-refractivity contribution < 1.29 is 98.8 Å². The maximum atomic E-state index is 13.5. The molecule has 2 saturated heterocycles. The van der Waals surface area contributed by atoms with Crippen molar-refractivity contribution in [2.24, 2.45) is 25.9 Å². The van der Waals surface area contributed by atoms with Crippen molar-refractivity contribution in [2.75, 3.05) is 33.3 Å². The molecular weight excluding hydrogens is 1110 g/mol. The predicted molar refractivity (Wildman–Crippen MR) is 267 cm³/mol. The molecule has 4 heterocycles.